The summed E-state index contributed by atoms with van der Waals surface area (Å²) in [4.78, 5) is 4.53. The van der Waals surface area contributed by atoms with E-state index < -0.39 is 0 Å². The minimum atomic E-state index is 0.424. The average molecular weight is 175 g/mol. The van der Waals surface area contributed by atoms with E-state index in [1.54, 1.807) is 0 Å². The van der Waals surface area contributed by atoms with E-state index in [-0.39, 0.29) is 0 Å². The van der Waals surface area contributed by atoms with Gasteiger partial charge in [-0.2, -0.15) is 0 Å². The maximum absolute atomic E-state index is 4.53. The predicted octanol–water partition coefficient (Wildman–Crippen LogP) is 3.08. The van der Waals surface area contributed by atoms with Gasteiger partial charge in [0.15, 0.2) is 0 Å². The molecule has 1 heteroatoms. The van der Waals surface area contributed by atoms with Crippen molar-refractivity contribution in [1.82, 2.24) is 4.98 Å². The quantitative estimate of drug-likeness (QED) is 0.673. The smallest absolute Gasteiger partial charge is 0.0468 e. The molecule has 1 nitrogen and oxygen atoms in total. The van der Waals surface area contributed by atoms with Crippen LogP contribution in [0.5, 0.6) is 0 Å². The van der Waals surface area contributed by atoms with E-state index in [4.69, 9.17) is 0 Å². The lowest BCUT2D eigenvalue weighted by molar-refractivity contribution is 0.469. The topological polar surface area (TPSA) is 12.9 Å². The first kappa shape index (κ1) is 8.74. The highest BCUT2D eigenvalue weighted by Crippen LogP contribution is 2.52. The lowest BCUT2D eigenvalue weighted by Gasteiger charge is -2.18. The van der Waals surface area contributed by atoms with E-state index in [1.807, 2.05) is 6.20 Å². The molecule has 1 saturated carbocycles. The fourth-order valence-corrected chi connectivity index (χ4v) is 2.03. The molecule has 1 aromatic heterocycles. The van der Waals surface area contributed by atoms with E-state index >= 15 is 0 Å². The van der Waals surface area contributed by atoms with E-state index in [9.17, 15) is 0 Å². The van der Waals surface area contributed by atoms with E-state index in [1.165, 1.54) is 24.1 Å². The minimum absolute atomic E-state index is 0.424. The summed E-state index contributed by atoms with van der Waals surface area (Å²) in [5, 5.41) is 0. The van der Waals surface area contributed by atoms with Gasteiger partial charge in [-0.05, 0) is 37.3 Å². The molecule has 0 saturated heterocycles. The molecule has 0 N–H and O–H groups in total. The molecule has 0 spiro atoms. The van der Waals surface area contributed by atoms with Crippen molar-refractivity contribution in [2.24, 2.45) is 5.92 Å². The molecule has 2 rings (SSSR count). The zero-order chi connectivity index (χ0) is 9.47. The zero-order valence-electron chi connectivity index (χ0n) is 8.67. The van der Waals surface area contributed by atoms with Crippen LogP contribution in [0, 0.1) is 12.8 Å². The van der Waals surface area contributed by atoms with Crippen molar-refractivity contribution in [2.75, 3.05) is 0 Å². The fraction of sp³-hybridized carbons (Fsp3) is 0.583. The Labute approximate surface area is 80.2 Å². The SMILES string of the molecule is Cc1ccc(C2(C(C)C)CC2)nc1. The number of nitrogens with zero attached hydrogens (tertiary/aromatic N) is 1. The van der Waals surface area contributed by atoms with Gasteiger partial charge in [0.2, 0.25) is 0 Å². The summed E-state index contributed by atoms with van der Waals surface area (Å²) < 4.78 is 0. The Morgan fingerprint density at radius 1 is 1.31 bits per heavy atom. The summed E-state index contributed by atoms with van der Waals surface area (Å²) in [7, 11) is 0. The summed E-state index contributed by atoms with van der Waals surface area (Å²) >= 11 is 0. The van der Waals surface area contributed by atoms with Crippen molar-refractivity contribution < 1.29 is 0 Å². The molecule has 1 aliphatic carbocycles. The van der Waals surface area contributed by atoms with Crippen molar-refractivity contribution in [1.29, 1.82) is 0 Å². The molecule has 0 radical (unpaired) electrons. The lowest BCUT2D eigenvalue weighted by Crippen LogP contribution is -2.16. The zero-order valence-corrected chi connectivity index (χ0v) is 8.67. The first-order valence-electron chi connectivity index (χ1n) is 5.08. The second kappa shape index (κ2) is 2.83. The van der Waals surface area contributed by atoms with Gasteiger partial charge < -0.3 is 0 Å². The van der Waals surface area contributed by atoms with E-state index in [0.29, 0.717) is 5.41 Å². The van der Waals surface area contributed by atoms with Gasteiger partial charge >= 0.3 is 0 Å². The third kappa shape index (κ3) is 1.37. The van der Waals surface area contributed by atoms with E-state index in [0.717, 1.165) is 5.92 Å². The molecule has 1 heterocycles. The normalized spacial score (nSPS) is 19.1. The molecule has 0 aromatic carbocycles. The lowest BCUT2D eigenvalue weighted by atomic mass is 9.88. The molecular weight excluding hydrogens is 158 g/mol. The van der Waals surface area contributed by atoms with Gasteiger partial charge in [0, 0.05) is 17.3 Å². The van der Waals surface area contributed by atoms with E-state index in [2.05, 4.69) is 37.9 Å². The van der Waals surface area contributed by atoms with Crippen LogP contribution in [0.3, 0.4) is 0 Å². The molecule has 0 unspecified atom stereocenters. The second-order valence-corrected chi connectivity index (χ2v) is 4.53. The Hall–Kier alpha value is -0.850. The Morgan fingerprint density at radius 2 is 2.00 bits per heavy atom. The first-order chi connectivity index (χ1) is 6.15. The molecule has 0 amide bonds. The summed E-state index contributed by atoms with van der Waals surface area (Å²) in [5.74, 6) is 0.725. The van der Waals surface area contributed by atoms with Gasteiger partial charge in [-0.1, -0.05) is 19.9 Å². The molecule has 1 aliphatic rings. The van der Waals surface area contributed by atoms with Crippen LogP contribution in [-0.4, -0.2) is 4.98 Å². The highest BCUT2D eigenvalue weighted by molar-refractivity contribution is 5.27. The van der Waals surface area contributed by atoms with Crippen molar-refractivity contribution >= 4 is 0 Å². The first-order valence-corrected chi connectivity index (χ1v) is 5.08. The molecule has 1 aromatic rings. The fourth-order valence-electron chi connectivity index (χ4n) is 2.03. The second-order valence-electron chi connectivity index (χ2n) is 4.53. The summed E-state index contributed by atoms with van der Waals surface area (Å²) in [6.45, 7) is 6.69. The summed E-state index contributed by atoms with van der Waals surface area (Å²) in [6.07, 6.45) is 4.62. The van der Waals surface area contributed by atoms with Crippen LogP contribution in [-0.2, 0) is 5.41 Å². The van der Waals surface area contributed by atoms with Crippen molar-refractivity contribution in [2.45, 2.75) is 39.0 Å². The third-order valence-corrected chi connectivity index (χ3v) is 3.32. The van der Waals surface area contributed by atoms with Gasteiger partial charge in [0.05, 0.1) is 0 Å². The molecule has 0 aliphatic heterocycles. The van der Waals surface area contributed by atoms with Crippen molar-refractivity contribution in [3.8, 4) is 0 Å². The van der Waals surface area contributed by atoms with Crippen molar-refractivity contribution in [3.05, 3.63) is 29.6 Å². The average Bonchev–Trinajstić information content (AvgIpc) is 2.86. The molecule has 0 bridgehead atoms. The minimum Gasteiger partial charge on any atom is -0.260 e. The number of hydrogen-bond acceptors (Lipinski definition) is 1. The van der Waals surface area contributed by atoms with Crippen LogP contribution >= 0.6 is 0 Å². The Bertz CT molecular complexity index is 293. The molecular formula is C12H17N. The van der Waals surface area contributed by atoms with Crippen molar-refractivity contribution in [3.63, 3.8) is 0 Å². The number of hydrogen-bond donors (Lipinski definition) is 0. The molecule has 70 valence electrons. The van der Waals surface area contributed by atoms with Crippen LogP contribution < -0.4 is 0 Å². The Morgan fingerprint density at radius 3 is 2.38 bits per heavy atom. The Balaban J connectivity index is 2.31. The van der Waals surface area contributed by atoms with Gasteiger partial charge in [0.25, 0.3) is 0 Å². The largest absolute Gasteiger partial charge is 0.260 e. The highest BCUT2D eigenvalue weighted by atomic mass is 14.7. The predicted molar refractivity (Wildman–Crippen MR) is 54.7 cm³/mol. The molecule has 13 heavy (non-hydrogen) atoms. The third-order valence-electron chi connectivity index (χ3n) is 3.32. The summed E-state index contributed by atoms with van der Waals surface area (Å²) in [6, 6.07) is 4.37. The summed E-state index contributed by atoms with van der Waals surface area (Å²) in [5.41, 5.74) is 2.98. The maximum atomic E-state index is 4.53. The van der Waals surface area contributed by atoms with Gasteiger partial charge in [-0.15, -0.1) is 0 Å². The van der Waals surface area contributed by atoms with Crippen LogP contribution in [0.2, 0.25) is 0 Å². The maximum Gasteiger partial charge on any atom is 0.0468 e. The van der Waals surface area contributed by atoms with Crippen LogP contribution in [0.25, 0.3) is 0 Å². The van der Waals surface area contributed by atoms with Gasteiger partial charge in [0.1, 0.15) is 0 Å². The highest BCUT2D eigenvalue weighted by Gasteiger charge is 2.47. The van der Waals surface area contributed by atoms with Gasteiger partial charge in [-0.25, -0.2) is 0 Å². The standard InChI is InChI=1S/C12H17N/c1-9(2)12(6-7-12)11-5-4-10(3)8-13-11/h4-5,8-9H,6-7H2,1-3H3. The molecule has 0 atom stereocenters. The number of pyridine rings is 1. The number of aromatic nitrogens is 1. The van der Waals surface area contributed by atoms with Crippen LogP contribution in [0.4, 0.5) is 0 Å². The number of rotatable bonds is 2. The molecule has 1 fully saturated rings. The van der Waals surface area contributed by atoms with Gasteiger partial charge in [-0.3, -0.25) is 4.98 Å². The Kier molecular flexibility index (Phi) is 1.90. The number of aryl methyl sites for hydroxylation is 1. The van der Waals surface area contributed by atoms with Crippen LogP contribution in [0.1, 0.15) is 37.9 Å². The monoisotopic (exact) mass is 175 g/mol. The van der Waals surface area contributed by atoms with Crippen LogP contribution in [0.15, 0.2) is 18.3 Å².